The van der Waals surface area contributed by atoms with Gasteiger partial charge in [0.1, 0.15) is 11.5 Å². The molecule has 3 aromatic carbocycles. The van der Waals surface area contributed by atoms with Crippen molar-refractivity contribution < 1.29 is 19.1 Å². The second kappa shape index (κ2) is 8.45. The topological polar surface area (TPSA) is 52.6 Å². The van der Waals surface area contributed by atoms with Gasteiger partial charge in [-0.2, -0.15) is 0 Å². The molecule has 0 saturated carbocycles. The molecule has 0 N–H and O–H groups in total. The average molecular weight is 334 g/mol. The molecule has 0 amide bonds. The first-order chi connectivity index (χ1) is 11.7. The summed E-state index contributed by atoms with van der Waals surface area (Å²) in [5.74, 6) is -0.397. The van der Waals surface area contributed by atoms with Crippen LogP contribution >= 0.6 is 0 Å². The molecule has 0 radical (unpaired) electrons. The number of hydrogen-bond acceptors (Lipinski definition) is 4. The van der Waals surface area contributed by atoms with E-state index < -0.39 is 11.9 Å². The predicted molar refractivity (Wildman–Crippen MR) is 96.0 cm³/mol. The zero-order valence-corrected chi connectivity index (χ0v) is 12.7. The van der Waals surface area contributed by atoms with Crippen LogP contribution < -0.4 is 9.47 Å². The molecule has 126 valence electrons. The Morgan fingerprint density at radius 3 is 1.20 bits per heavy atom. The molecule has 0 atom stereocenters. The molecule has 3 aromatic rings. The number of para-hydroxylation sites is 2. The van der Waals surface area contributed by atoms with Gasteiger partial charge in [0.15, 0.2) is 0 Å². The molecule has 0 heterocycles. The van der Waals surface area contributed by atoms with Crippen LogP contribution in [0.25, 0.3) is 0 Å². The first-order valence-electron chi connectivity index (χ1n) is 7.37. The van der Waals surface area contributed by atoms with Crippen LogP contribution in [0.1, 0.15) is 28.1 Å². The third-order valence-electron chi connectivity index (χ3n) is 3.27. The van der Waals surface area contributed by atoms with E-state index in [1.807, 2.05) is 12.1 Å². The van der Waals surface area contributed by atoms with Gasteiger partial charge in [-0.05, 0) is 36.4 Å². The lowest BCUT2D eigenvalue weighted by molar-refractivity contribution is 0.0692. The number of hydrogen-bond donors (Lipinski definition) is 0. The van der Waals surface area contributed by atoms with Crippen LogP contribution in [0.4, 0.5) is 0 Å². The van der Waals surface area contributed by atoms with Gasteiger partial charge in [0.2, 0.25) is 0 Å². The molecule has 3 rings (SSSR count). The Labute approximate surface area is 146 Å². The fourth-order valence-corrected chi connectivity index (χ4v) is 2.14. The van der Waals surface area contributed by atoms with Crippen molar-refractivity contribution in [2.45, 2.75) is 7.43 Å². The van der Waals surface area contributed by atoms with Crippen molar-refractivity contribution in [3.63, 3.8) is 0 Å². The van der Waals surface area contributed by atoms with Crippen molar-refractivity contribution >= 4 is 11.9 Å². The summed E-state index contributed by atoms with van der Waals surface area (Å²) in [5, 5.41) is 0. The van der Waals surface area contributed by atoms with E-state index in [4.69, 9.17) is 9.47 Å². The Morgan fingerprint density at radius 1 is 0.520 bits per heavy atom. The van der Waals surface area contributed by atoms with Crippen LogP contribution in [-0.2, 0) is 0 Å². The molecule has 0 unspecified atom stereocenters. The summed E-state index contributed by atoms with van der Waals surface area (Å²) in [4.78, 5) is 24.7. The van der Waals surface area contributed by atoms with E-state index in [-0.39, 0.29) is 18.6 Å². The summed E-state index contributed by atoms with van der Waals surface area (Å²) in [6, 6.07) is 23.8. The molecule has 0 aliphatic heterocycles. The second-order valence-corrected chi connectivity index (χ2v) is 4.95. The number of esters is 2. The van der Waals surface area contributed by atoms with Gasteiger partial charge in [0.05, 0.1) is 11.1 Å². The maximum Gasteiger partial charge on any atom is 0.344 e. The van der Waals surface area contributed by atoms with Gasteiger partial charge in [0, 0.05) is 0 Å². The van der Waals surface area contributed by atoms with Crippen LogP contribution in [0.15, 0.2) is 84.9 Å². The van der Waals surface area contributed by atoms with Gasteiger partial charge in [0.25, 0.3) is 0 Å². The predicted octanol–water partition coefficient (Wildman–Crippen LogP) is 4.76. The van der Waals surface area contributed by atoms with Crippen molar-refractivity contribution in [3.8, 4) is 11.5 Å². The van der Waals surface area contributed by atoms with Gasteiger partial charge in [-0.3, -0.25) is 0 Å². The summed E-state index contributed by atoms with van der Waals surface area (Å²) < 4.78 is 10.6. The molecule has 0 saturated heterocycles. The normalized spacial score (nSPS) is 9.60. The molecular formula is C21H18O4. The lowest BCUT2D eigenvalue weighted by atomic mass is 10.1. The summed E-state index contributed by atoms with van der Waals surface area (Å²) in [7, 11) is 0. The van der Waals surface area contributed by atoms with Gasteiger partial charge in [-0.1, -0.05) is 56.0 Å². The van der Waals surface area contributed by atoms with Crippen LogP contribution in [0.3, 0.4) is 0 Å². The van der Waals surface area contributed by atoms with Gasteiger partial charge >= 0.3 is 11.9 Å². The summed E-state index contributed by atoms with van der Waals surface area (Å²) in [6.45, 7) is 0. The number of benzene rings is 3. The highest BCUT2D eigenvalue weighted by Gasteiger charge is 2.20. The number of ether oxygens (including phenoxy) is 2. The highest BCUT2D eigenvalue weighted by molar-refractivity contribution is 6.04. The Bertz CT molecular complexity index is 770. The molecular weight excluding hydrogens is 316 g/mol. The lowest BCUT2D eigenvalue weighted by Gasteiger charge is -2.09. The zero-order chi connectivity index (χ0) is 16.8. The Hall–Kier alpha value is -3.40. The molecule has 4 heteroatoms. The van der Waals surface area contributed by atoms with Gasteiger partial charge < -0.3 is 9.47 Å². The van der Waals surface area contributed by atoms with Gasteiger partial charge in [-0.15, -0.1) is 0 Å². The van der Waals surface area contributed by atoms with Crippen molar-refractivity contribution in [2.24, 2.45) is 0 Å². The van der Waals surface area contributed by atoms with Crippen molar-refractivity contribution in [3.05, 3.63) is 96.1 Å². The first kappa shape index (κ1) is 17.9. The van der Waals surface area contributed by atoms with Crippen LogP contribution in [0.5, 0.6) is 11.5 Å². The Balaban J connectivity index is 0.00000225. The minimum atomic E-state index is -0.609. The van der Waals surface area contributed by atoms with Gasteiger partial charge in [-0.25, -0.2) is 9.59 Å². The lowest BCUT2D eigenvalue weighted by Crippen LogP contribution is -2.17. The Kier molecular flexibility index (Phi) is 6.07. The molecule has 0 spiro atoms. The average Bonchev–Trinajstić information content (AvgIpc) is 2.63. The molecule has 0 aliphatic rings. The smallest absolute Gasteiger partial charge is 0.344 e. The third-order valence-corrected chi connectivity index (χ3v) is 3.27. The van der Waals surface area contributed by atoms with E-state index in [0.717, 1.165) is 0 Å². The minimum Gasteiger partial charge on any atom is -0.423 e. The van der Waals surface area contributed by atoms with Crippen LogP contribution in [-0.4, -0.2) is 11.9 Å². The van der Waals surface area contributed by atoms with E-state index in [1.54, 1.807) is 60.7 Å². The first-order valence-corrected chi connectivity index (χ1v) is 7.37. The SMILES string of the molecule is C.O=C(Oc1ccccc1)c1ccccc1C(=O)Oc1ccccc1. The number of rotatable bonds is 4. The zero-order valence-electron chi connectivity index (χ0n) is 12.7. The van der Waals surface area contributed by atoms with Crippen LogP contribution in [0, 0.1) is 0 Å². The molecule has 25 heavy (non-hydrogen) atoms. The third kappa shape index (κ3) is 4.54. The Morgan fingerprint density at radius 2 is 0.840 bits per heavy atom. The van der Waals surface area contributed by atoms with Crippen molar-refractivity contribution in [1.29, 1.82) is 0 Å². The molecule has 0 aliphatic carbocycles. The fraction of sp³-hybridized carbons (Fsp3) is 0.0476. The quantitative estimate of drug-likeness (QED) is 0.510. The highest BCUT2D eigenvalue weighted by Crippen LogP contribution is 2.17. The minimum absolute atomic E-state index is 0. The second-order valence-electron chi connectivity index (χ2n) is 4.95. The molecule has 0 bridgehead atoms. The number of carbonyl (C=O) groups is 2. The van der Waals surface area contributed by atoms with E-state index in [9.17, 15) is 9.59 Å². The molecule has 0 aromatic heterocycles. The highest BCUT2D eigenvalue weighted by atomic mass is 16.5. The monoisotopic (exact) mass is 334 g/mol. The molecule has 4 nitrogen and oxygen atoms in total. The van der Waals surface area contributed by atoms with E-state index in [2.05, 4.69) is 0 Å². The standard InChI is InChI=1S/C20H14O4.CH4/c21-19(23-15-9-3-1-4-10-15)17-13-7-8-14-18(17)20(22)24-16-11-5-2-6-12-16;/h1-14H;1H4. The van der Waals surface area contributed by atoms with Crippen LogP contribution in [0.2, 0.25) is 0 Å². The summed E-state index contributed by atoms with van der Waals surface area (Å²) >= 11 is 0. The largest absolute Gasteiger partial charge is 0.423 e. The summed E-state index contributed by atoms with van der Waals surface area (Å²) in [5.41, 5.74) is 0.310. The maximum absolute atomic E-state index is 12.4. The van der Waals surface area contributed by atoms with E-state index in [1.165, 1.54) is 12.1 Å². The fourth-order valence-electron chi connectivity index (χ4n) is 2.14. The van der Waals surface area contributed by atoms with Crippen molar-refractivity contribution in [2.75, 3.05) is 0 Å². The van der Waals surface area contributed by atoms with E-state index >= 15 is 0 Å². The maximum atomic E-state index is 12.4. The summed E-state index contributed by atoms with van der Waals surface area (Å²) in [6.07, 6.45) is 0. The molecule has 0 fully saturated rings. The van der Waals surface area contributed by atoms with E-state index in [0.29, 0.717) is 11.5 Å². The number of carbonyl (C=O) groups excluding carboxylic acids is 2. The van der Waals surface area contributed by atoms with Crippen molar-refractivity contribution in [1.82, 2.24) is 0 Å².